The average Bonchev–Trinajstić information content (AvgIpc) is 2.37. The molecular formula is C10H13ClO. The van der Waals surface area contributed by atoms with E-state index < -0.39 is 0 Å². The number of carbonyl (C=O) groups excluding carboxylic acids is 1. The Hall–Kier alpha value is -0.0400. The topological polar surface area (TPSA) is 17.1 Å². The van der Waals surface area contributed by atoms with E-state index in [9.17, 15) is 4.79 Å². The first-order valence-electron chi connectivity index (χ1n) is 4.90. The molecule has 4 saturated carbocycles. The molecule has 4 aliphatic carbocycles. The van der Waals surface area contributed by atoms with Gasteiger partial charge in [0.1, 0.15) is 0 Å². The highest BCUT2D eigenvalue weighted by Gasteiger charge is 2.60. The van der Waals surface area contributed by atoms with E-state index in [2.05, 4.69) is 0 Å². The lowest BCUT2D eigenvalue weighted by Gasteiger charge is -2.28. The van der Waals surface area contributed by atoms with Crippen molar-refractivity contribution in [2.45, 2.75) is 32.1 Å². The van der Waals surface area contributed by atoms with Gasteiger partial charge in [0.25, 0.3) is 0 Å². The summed E-state index contributed by atoms with van der Waals surface area (Å²) in [6.45, 7) is 0. The van der Waals surface area contributed by atoms with Crippen molar-refractivity contribution in [2.24, 2.45) is 23.2 Å². The molecule has 0 saturated heterocycles. The number of hydrogen-bond acceptors (Lipinski definition) is 1. The minimum Gasteiger partial charge on any atom is -0.281 e. The lowest BCUT2D eigenvalue weighted by atomic mass is 9.76. The number of halogens is 1. The van der Waals surface area contributed by atoms with Crippen LogP contribution in [0.1, 0.15) is 32.1 Å². The molecule has 0 radical (unpaired) electrons. The van der Waals surface area contributed by atoms with E-state index in [1.807, 2.05) is 0 Å². The maximum atomic E-state index is 11.4. The maximum Gasteiger partial charge on any atom is 0.228 e. The Balaban J connectivity index is 2.03. The Morgan fingerprint density at radius 3 is 2.17 bits per heavy atom. The van der Waals surface area contributed by atoms with Crippen LogP contribution >= 0.6 is 11.6 Å². The predicted octanol–water partition coefficient (Wildman–Crippen LogP) is 2.58. The van der Waals surface area contributed by atoms with Crippen molar-refractivity contribution >= 4 is 16.8 Å². The second kappa shape index (κ2) is 2.06. The van der Waals surface area contributed by atoms with Crippen molar-refractivity contribution in [2.75, 3.05) is 0 Å². The predicted molar refractivity (Wildman–Crippen MR) is 46.8 cm³/mol. The van der Waals surface area contributed by atoms with Gasteiger partial charge in [-0.15, -0.1) is 0 Å². The molecule has 0 aliphatic heterocycles. The quantitative estimate of drug-likeness (QED) is 0.573. The summed E-state index contributed by atoms with van der Waals surface area (Å²) in [6, 6.07) is 0. The Bertz CT molecular complexity index is 234. The smallest absolute Gasteiger partial charge is 0.228 e. The van der Waals surface area contributed by atoms with Gasteiger partial charge in [-0.25, -0.2) is 0 Å². The van der Waals surface area contributed by atoms with Crippen LogP contribution in [0.5, 0.6) is 0 Å². The van der Waals surface area contributed by atoms with Gasteiger partial charge >= 0.3 is 0 Å². The maximum absolute atomic E-state index is 11.4. The van der Waals surface area contributed by atoms with Gasteiger partial charge in [-0.2, -0.15) is 0 Å². The molecule has 4 rings (SSSR count). The third kappa shape index (κ3) is 0.693. The van der Waals surface area contributed by atoms with E-state index in [4.69, 9.17) is 11.6 Å². The lowest BCUT2D eigenvalue weighted by Crippen LogP contribution is -2.28. The zero-order valence-corrected chi connectivity index (χ0v) is 7.81. The van der Waals surface area contributed by atoms with Gasteiger partial charge in [0, 0.05) is 5.41 Å². The zero-order valence-electron chi connectivity index (χ0n) is 7.05. The molecule has 0 N–H and O–H groups in total. The molecule has 0 aromatic heterocycles. The van der Waals surface area contributed by atoms with E-state index in [-0.39, 0.29) is 10.7 Å². The van der Waals surface area contributed by atoms with E-state index in [0.717, 1.165) is 24.7 Å². The molecule has 12 heavy (non-hydrogen) atoms. The van der Waals surface area contributed by atoms with E-state index in [1.165, 1.54) is 19.3 Å². The highest BCUT2D eigenvalue weighted by molar-refractivity contribution is 6.64. The molecule has 0 heterocycles. The van der Waals surface area contributed by atoms with Crippen molar-refractivity contribution in [3.05, 3.63) is 0 Å². The zero-order chi connectivity index (χ0) is 8.34. The summed E-state index contributed by atoms with van der Waals surface area (Å²) in [5, 5.41) is -0.0304. The first-order chi connectivity index (χ1) is 5.71. The van der Waals surface area contributed by atoms with Gasteiger partial charge in [-0.3, -0.25) is 4.79 Å². The summed E-state index contributed by atoms with van der Waals surface area (Å²) in [4.78, 5) is 11.4. The number of hydrogen-bond donors (Lipinski definition) is 0. The Kier molecular flexibility index (Phi) is 1.27. The molecule has 0 aromatic rings. The summed E-state index contributed by atoms with van der Waals surface area (Å²) >= 11 is 5.72. The lowest BCUT2D eigenvalue weighted by molar-refractivity contribution is -0.122. The van der Waals surface area contributed by atoms with Gasteiger partial charge < -0.3 is 0 Å². The molecule has 2 atom stereocenters. The molecule has 0 aromatic carbocycles. The first-order valence-corrected chi connectivity index (χ1v) is 5.28. The van der Waals surface area contributed by atoms with Gasteiger partial charge in [0.15, 0.2) is 0 Å². The fourth-order valence-electron chi connectivity index (χ4n) is 4.12. The average molecular weight is 185 g/mol. The standard InChI is InChI=1S/C10H13ClO/c11-9(12)10-4-6-1-7(5-10)3-8(10)2-6/h6-8H,1-5H2/t6-,7-,8?,10?/m1/s1. The van der Waals surface area contributed by atoms with Crippen molar-refractivity contribution in [3.8, 4) is 0 Å². The summed E-state index contributed by atoms with van der Waals surface area (Å²) in [5.74, 6) is 2.33. The highest BCUT2D eigenvalue weighted by atomic mass is 35.5. The van der Waals surface area contributed by atoms with Crippen LogP contribution in [0.4, 0.5) is 0 Å². The second-order valence-electron chi connectivity index (χ2n) is 4.97. The van der Waals surface area contributed by atoms with Crippen LogP contribution < -0.4 is 0 Å². The normalized spacial score (nSPS) is 54.9. The Morgan fingerprint density at radius 1 is 1.17 bits per heavy atom. The Labute approximate surface area is 77.5 Å². The van der Waals surface area contributed by atoms with Gasteiger partial charge in [0.2, 0.25) is 5.24 Å². The van der Waals surface area contributed by atoms with Crippen LogP contribution in [0.2, 0.25) is 0 Å². The van der Waals surface area contributed by atoms with Crippen LogP contribution in [-0.2, 0) is 4.79 Å². The monoisotopic (exact) mass is 184 g/mol. The summed E-state index contributed by atoms with van der Waals surface area (Å²) in [5.41, 5.74) is -0.0465. The molecule has 0 spiro atoms. The Morgan fingerprint density at radius 2 is 1.75 bits per heavy atom. The summed E-state index contributed by atoms with van der Waals surface area (Å²) in [7, 11) is 0. The minimum atomic E-state index is -0.0465. The van der Waals surface area contributed by atoms with Crippen LogP contribution in [0.25, 0.3) is 0 Å². The first kappa shape index (κ1) is 7.37. The highest BCUT2D eigenvalue weighted by Crippen LogP contribution is 2.66. The fraction of sp³-hybridized carbons (Fsp3) is 0.900. The number of rotatable bonds is 1. The van der Waals surface area contributed by atoms with Crippen LogP contribution in [-0.4, -0.2) is 5.24 Å². The third-order valence-electron chi connectivity index (χ3n) is 4.38. The van der Waals surface area contributed by atoms with Crippen molar-refractivity contribution < 1.29 is 4.79 Å². The van der Waals surface area contributed by atoms with Crippen LogP contribution in [0, 0.1) is 23.2 Å². The van der Waals surface area contributed by atoms with E-state index in [0.29, 0.717) is 5.92 Å². The fourth-order valence-corrected chi connectivity index (χ4v) is 4.43. The summed E-state index contributed by atoms with van der Waals surface area (Å²) < 4.78 is 0. The van der Waals surface area contributed by atoms with Gasteiger partial charge in [0.05, 0.1) is 0 Å². The third-order valence-corrected chi connectivity index (χ3v) is 4.76. The van der Waals surface area contributed by atoms with E-state index >= 15 is 0 Å². The molecule has 0 unspecified atom stereocenters. The molecule has 2 heteroatoms. The molecule has 0 amide bonds. The van der Waals surface area contributed by atoms with Crippen molar-refractivity contribution in [1.29, 1.82) is 0 Å². The van der Waals surface area contributed by atoms with E-state index in [1.54, 1.807) is 0 Å². The van der Waals surface area contributed by atoms with Crippen LogP contribution in [0.3, 0.4) is 0 Å². The minimum absolute atomic E-state index is 0.0304. The molecule has 4 fully saturated rings. The number of carbonyl (C=O) groups is 1. The van der Waals surface area contributed by atoms with Crippen molar-refractivity contribution in [3.63, 3.8) is 0 Å². The van der Waals surface area contributed by atoms with Gasteiger partial charge in [-0.1, -0.05) is 0 Å². The largest absolute Gasteiger partial charge is 0.281 e. The van der Waals surface area contributed by atoms with Gasteiger partial charge in [-0.05, 0) is 61.5 Å². The SMILES string of the molecule is O=C(Cl)C12C[C@H]3CC1C[C@@H](C3)C2. The molecule has 66 valence electrons. The molecular weight excluding hydrogens is 172 g/mol. The summed E-state index contributed by atoms with van der Waals surface area (Å²) in [6.07, 6.45) is 6.17. The van der Waals surface area contributed by atoms with Crippen molar-refractivity contribution in [1.82, 2.24) is 0 Å². The molecule has 1 nitrogen and oxygen atoms in total. The molecule has 4 aliphatic rings. The molecule has 4 bridgehead atoms. The van der Waals surface area contributed by atoms with Crippen LogP contribution in [0.15, 0.2) is 0 Å². The second-order valence-corrected chi connectivity index (χ2v) is 5.32.